The summed E-state index contributed by atoms with van der Waals surface area (Å²) < 4.78 is 1.09. The molecule has 1 unspecified atom stereocenters. The molecule has 1 heterocycles. The molecule has 0 aliphatic carbocycles. The van der Waals surface area contributed by atoms with E-state index < -0.39 is 0 Å². The molecule has 1 aromatic heterocycles. The molecule has 4 heteroatoms. The van der Waals surface area contributed by atoms with Gasteiger partial charge in [-0.05, 0) is 29.4 Å². The van der Waals surface area contributed by atoms with Crippen LogP contribution in [0.4, 0.5) is 0 Å². The largest absolute Gasteiger partial charge is 0.308 e. The van der Waals surface area contributed by atoms with Gasteiger partial charge in [0.25, 0.3) is 0 Å². The highest BCUT2D eigenvalue weighted by Crippen LogP contribution is 2.23. The third-order valence-electron chi connectivity index (χ3n) is 1.38. The van der Waals surface area contributed by atoms with Crippen LogP contribution in [0.15, 0.2) is 9.98 Å². The lowest BCUT2D eigenvalue weighted by molar-refractivity contribution is 0.595. The second kappa shape index (κ2) is 4.18. The van der Waals surface area contributed by atoms with Crippen LogP contribution in [0.3, 0.4) is 0 Å². The Bertz CT molecular complexity index is 224. The molecule has 2 nitrogen and oxygen atoms in total. The number of nitrogens with one attached hydrogen (secondary N) is 1. The summed E-state index contributed by atoms with van der Waals surface area (Å²) in [6, 6.07) is 0.372. The van der Waals surface area contributed by atoms with E-state index in [0.29, 0.717) is 6.04 Å². The van der Waals surface area contributed by atoms with Crippen molar-refractivity contribution in [2.45, 2.75) is 19.9 Å². The molecule has 0 bridgehead atoms. The summed E-state index contributed by atoms with van der Waals surface area (Å²) in [5.41, 5.74) is 0. The molecule has 0 radical (unpaired) electrons. The van der Waals surface area contributed by atoms with Gasteiger partial charge in [0.15, 0.2) is 0 Å². The first-order chi connectivity index (χ1) is 5.24. The van der Waals surface area contributed by atoms with Crippen LogP contribution < -0.4 is 5.32 Å². The molecule has 0 aliphatic rings. The van der Waals surface area contributed by atoms with Crippen LogP contribution in [0.1, 0.15) is 24.9 Å². The van der Waals surface area contributed by atoms with Crippen LogP contribution in [-0.4, -0.2) is 11.5 Å². The Morgan fingerprint density at radius 2 is 2.55 bits per heavy atom. The normalized spacial score (nSPS) is 13.4. The molecule has 0 amide bonds. The van der Waals surface area contributed by atoms with Crippen molar-refractivity contribution in [3.63, 3.8) is 0 Å². The van der Waals surface area contributed by atoms with Crippen molar-refractivity contribution in [1.29, 1.82) is 0 Å². The Morgan fingerprint density at radius 3 is 3.00 bits per heavy atom. The first-order valence-electron chi connectivity index (χ1n) is 3.58. The third-order valence-corrected chi connectivity index (χ3v) is 3.03. The van der Waals surface area contributed by atoms with E-state index in [0.717, 1.165) is 15.3 Å². The fourth-order valence-electron chi connectivity index (χ4n) is 0.861. The SMILES string of the molecule is CCNC(C)c1ncc(Br)s1. The van der Waals surface area contributed by atoms with Crippen molar-refractivity contribution in [1.82, 2.24) is 10.3 Å². The molecular weight excluding hydrogens is 224 g/mol. The highest BCUT2D eigenvalue weighted by Gasteiger charge is 2.06. The van der Waals surface area contributed by atoms with Crippen molar-refractivity contribution in [3.05, 3.63) is 15.0 Å². The highest BCUT2D eigenvalue weighted by atomic mass is 79.9. The Morgan fingerprint density at radius 1 is 1.82 bits per heavy atom. The summed E-state index contributed by atoms with van der Waals surface area (Å²) >= 11 is 5.06. The third kappa shape index (κ3) is 2.54. The van der Waals surface area contributed by atoms with Gasteiger partial charge in [0.05, 0.1) is 16.0 Å². The smallest absolute Gasteiger partial charge is 0.110 e. The molecule has 1 aromatic rings. The Balaban J connectivity index is 2.60. The van der Waals surface area contributed by atoms with Crippen molar-refractivity contribution in [2.75, 3.05) is 6.54 Å². The number of thiazole rings is 1. The summed E-state index contributed by atoms with van der Waals surface area (Å²) in [4.78, 5) is 4.24. The predicted octanol–water partition coefficient (Wildman–Crippen LogP) is 2.58. The molecule has 0 fully saturated rings. The van der Waals surface area contributed by atoms with Crippen molar-refractivity contribution in [3.8, 4) is 0 Å². The van der Waals surface area contributed by atoms with Gasteiger partial charge in [0, 0.05) is 0 Å². The number of rotatable bonds is 3. The maximum absolute atomic E-state index is 4.24. The first-order valence-corrected chi connectivity index (χ1v) is 5.19. The first kappa shape index (κ1) is 9.16. The summed E-state index contributed by atoms with van der Waals surface area (Å²) in [6.45, 7) is 5.20. The average Bonchev–Trinajstić information content (AvgIpc) is 2.36. The maximum Gasteiger partial charge on any atom is 0.110 e. The number of nitrogens with zero attached hydrogens (tertiary/aromatic N) is 1. The molecule has 0 aromatic carbocycles. The Kier molecular flexibility index (Phi) is 3.48. The molecule has 11 heavy (non-hydrogen) atoms. The van der Waals surface area contributed by atoms with Crippen molar-refractivity contribution < 1.29 is 0 Å². The van der Waals surface area contributed by atoms with Crippen molar-refractivity contribution >= 4 is 27.3 Å². The van der Waals surface area contributed by atoms with E-state index in [2.05, 4.69) is 40.1 Å². The van der Waals surface area contributed by atoms with Gasteiger partial charge in [-0.2, -0.15) is 0 Å². The second-order valence-corrected chi connectivity index (χ2v) is 4.72. The Labute approximate surface area is 79.2 Å². The summed E-state index contributed by atoms with van der Waals surface area (Å²) in [5, 5.41) is 4.44. The fraction of sp³-hybridized carbons (Fsp3) is 0.571. The minimum absolute atomic E-state index is 0.372. The molecular formula is C7H11BrN2S. The van der Waals surface area contributed by atoms with Crippen LogP contribution in [-0.2, 0) is 0 Å². The Hall–Kier alpha value is 0.0700. The molecule has 1 atom stereocenters. The van der Waals surface area contributed by atoms with Crippen LogP contribution >= 0.6 is 27.3 Å². The molecule has 1 N–H and O–H groups in total. The summed E-state index contributed by atoms with van der Waals surface area (Å²) in [7, 11) is 0. The van der Waals surface area contributed by atoms with E-state index in [1.54, 1.807) is 11.3 Å². The molecule has 0 aliphatic heterocycles. The van der Waals surface area contributed by atoms with Gasteiger partial charge in [0.1, 0.15) is 5.01 Å². The number of hydrogen-bond donors (Lipinski definition) is 1. The van der Waals surface area contributed by atoms with E-state index in [-0.39, 0.29) is 0 Å². The lowest BCUT2D eigenvalue weighted by Crippen LogP contribution is -2.17. The number of halogens is 1. The standard InChI is InChI=1S/C7H11BrN2S/c1-3-9-5(2)7-10-4-6(8)11-7/h4-5,9H,3H2,1-2H3. The fourth-order valence-corrected chi connectivity index (χ4v) is 2.13. The highest BCUT2D eigenvalue weighted by molar-refractivity contribution is 9.11. The topological polar surface area (TPSA) is 24.9 Å². The monoisotopic (exact) mass is 234 g/mol. The van der Waals surface area contributed by atoms with E-state index >= 15 is 0 Å². The predicted molar refractivity (Wildman–Crippen MR) is 51.9 cm³/mol. The van der Waals surface area contributed by atoms with Gasteiger partial charge in [-0.3, -0.25) is 0 Å². The zero-order valence-corrected chi connectivity index (χ0v) is 9.00. The molecule has 62 valence electrons. The van der Waals surface area contributed by atoms with E-state index in [4.69, 9.17) is 0 Å². The van der Waals surface area contributed by atoms with Gasteiger partial charge < -0.3 is 5.32 Å². The number of aromatic nitrogens is 1. The van der Waals surface area contributed by atoms with Gasteiger partial charge >= 0.3 is 0 Å². The van der Waals surface area contributed by atoms with Crippen LogP contribution in [0.25, 0.3) is 0 Å². The maximum atomic E-state index is 4.24. The van der Waals surface area contributed by atoms with Gasteiger partial charge in [-0.25, -0.2) is 4.98 Å². The lowest BCUT2D eigenvalue weighted by Gasteiger charge is -2.07. The minimum Gasteiger partial charge on any atom is -0.308 e. The van der Waals surface area contributed by atoms with E-state index in [9.17, 15) is 0 Å². The average molecular weight is 235 g/mol. The van der Waals surface area contributed by atoms with Crippen molar-refractivity contribution in [2.24, 2.45) is 0 Å². The molecule has 0 saturated heterocycles. The molecule has 0 spiro atoms. The van der Waals surface area contributed by atoms with E-state index in [1.165, 1.54) is 0 Å². The molecule has 0 saturated carbocycles. The second-order valence-electron chi connectivity index (χ2n) is 2.28. The quantitative estimate of drug-likeness (QED) is 0.870. The van der Waals surface area contributed by atoms with Crippen LogP contribution in [0.5, 0.6) is 0 Å². The summed E-state index contributed by atoms with van der Waals surface area (Å²) in [5.74, 6) is 0. The summed E-state index contributed by atoms with van der Waals surface area (Å²) in [6.07, 6.45) is 1.84. The zero-order chi connectivity index (χ0) is 8.27. The van der Waals surface area contributed by atoms with Crippen LogP contribution in [0.2, 0.25) is 0 Å². The van der Waals surface area contributed by atoms with Gasteiger partial charge in [-0.1, -0.05) is 6.92 Å². The van der Waals surface area contributed by atoms with Crippen LogP contribution in [0, 0.1) is 0 Å². The van der Waals surface area contributed by atoms with Gasteiger partial charge in [-0.15, -0.1) is 11.3 Å². The number of hydrogen-bond acceptors (Lipinski definition) is 3. The van der Waals surface area contributed by atoms with Gasteiger partial charge in [0.2, 0.25) is 0 Å². The minimum atomic E-state index is 0.372. The molecule has 1 rings (SSSR count). The van der Waals surface area contributed by atoms with E-state index in [1.807, 2.05) is 6.20 Å². The zero-order valence-electron chi connectivity index (χ0n) is 6.60. The lowest BCUT2D eigenvalue weighted by atomic mass is 10.3.